The molecule has 0 saturated carbocycles. The Morgan fingerprint density at radius 3 is 2.72 bits per heavy atom. The molecule has 0 aromatic rings. The lowest BCUT2D eigenvalue weighted by Crippen LogP contribution is -2.51. The van der Waals surface area contributed by atoms with Gasteiger partial charge in [0.05, 0.1) is 6.04 Å². The maximum atomic E-state index is 12.2. The zero-order valence-electron chi connectivity index (χ0n) is 11.4. The third-order valence-electron chi connectivity index (χ3n) is 3.21. The number of amides is 2. The highest BCUT2D eigenvalue weighted by Gasteiger charge is 2.36. The molecule has 0 spiro atoms. The van der Waals surface area contributed by atoms with E-state index in [2.05, 4.69) is 0 Å². The molecule has 1 aliphatic heterocycles. The van der Waals surface area contributed by atoms with E-state index in [0.29, 0.717) is 13.0 Å². The van der Waals surface area contributed by atoms with Crippen molar-refractivity contribution in [1.29, 1.82) is 0 Å². The van der Waals surface area contributed by atoms with Crippen molar-refractivity contribution in [3.8, 4) is 0 Å². The summed E-state index contributed by atoms with van der Waals surface area (Å²) in [6.07, 6.45) is 4.29. The minimum atomic E-state index is -0.479. The van der Waals surface area contributed by atoms with Gasteiger partial charge in [-0.3, -0.25) is 9.59 Å². The lowest BCUT2D eigenvalue weighted by Gasteiger charge is -2.28. The van der Waals surface area contributed by atoms with Crippen LogP contribution in [0.1, 0.15) is 19.3 Å². The van der Waals surface area contributed by atoms with E-state index in [-0.39, 0.29) is 17.9 Å². The quantitative estimate of drug-likeness (QED) is 0.774. The van der Waals surface area contributed by atoms with Gasteiger partial charge in [-0.05, 0) is 31.3 Å². The van der Waals surface area contributed by atoms with E-state index in [0.717, 1.165) is 18.6 Å². The van der Waals surface area contributed by atoms with Gasteiger partial charge in [0.1, 0.15) is 6.04 Å². The van der Waals surface area contributed by atoms with Crippen molar-refractivity contribution in [1.82, 2.24) is 9.80 Å². The molecule has 0 aliphatic carbocycles. The van der Waals surface area contributed by atoms with Crippen molar-refractivity contribution >= 4 is 23.6 Å². The Morgan fingerprint density at radius 2 is 2.17 bits per heavy atom. The summed E-state index contributed by atoms with van der Waals surface area (Å²) in [5, 5.41) is 0. The van der Waals surface area contributed by atoms with Crippen LogP contribution in [-0.4, -0.2) is 66.3 Å². The fraction of sp³-hybridized carbons (Fsp3) is 0.833. The van der Waals surface area contributed by atoms with Crippen molar-refractivity contribution in [2.45, 2.75) is 31.3 Å². The van der Waals surface area contributed by atoms with Gasteiger partial charge in [0.25, 0.3) is 0 Å². The van der Waals surface area contributed by atoms with Crippen molar-refractivity contribution < 1.29 is 9.59 Å². The highest BCUT2D eigenvalue weighted by molar-refractivity contribution is 7.98. The van der Waals surface area contributed by atoms with Crippen molar-refractivity contribution in [2.75, 3.05) is 32.6 Å². The molecule has 1 rings (SSSR count). The van der Waals surface area contributed by atoms with Gasteiger partial charge < -0.3 is 15.5 Å². The summed E-state index contributed by atoms with van der Waals surface area (Å²) >= 11 is 1.68. The van der Waals surface area contributed by atoms with Crippen LogP contribution in [0.2, 0.25) is 0 Å². The summed E-state index contributed by atoms with van der Waals surface area (Å²) in [5.41, 5.74) is 5.89. The number of rotatable bonds is 5. The van der Waals surface area contributed by atoms with Gasteiger partial charge >= 0.3 is 0 Å². The topological polar surface area (TPSA) is 66.6 Å². The molecule has 1 fully saturated rings. The van der Waals surface area contributed by atoms with Gasteiger partial charge in [0.15, 0.2) is 0 Å². The second-order valence-corrected chi connectivity index (χ2v) is 5.80. The van der Waals surface area contributed by atoms with E-state index >= 15 is 0 Å². The van der Waals surface area contributed by atoms with Gasteiger partial charge in [-0.2, -0.15) is 11.8 Å². The second-order valence-electron chi connectivity index (χ2n) is 4.81. The summed E-state index contributed by atoms with van der Waals surface area (Å²) in [6.45, 7) is 0.649. The van der Waals surface area contributed by atoms with Gasteiger partial charge in [0.2, 0.25) is 11.8 Å². The molecule has 2 N–H and O–H groups in total. The first-order chi connectivity index (χ1) is 8.49. The maximum absolute atomic E-state index is 12.2. The van der Waals surface area contributed by atoms with E-state index in [4.69, 9.17) is 5.73 Å². The molecule has 6 heteroatoms. The minimum Gasteiger partial charge on any atom is -0.347 e. The number of thioether (sulfide) groups is 1. The number of carbonyl (C=O) groups is 2. The highest BCUT2D eigenvalue weighted by atomic mass is 32.2. The number of carbonyl (C=O) groups excluding carboxylic acids is 2. The van der Waals surface area contributed by atoms with Crippen LogP contribution in [0.4, 0.5) is 0 Å². The zero-order chi connectivity index (χ0) is 13.7. The number of hydrogen-bond donors (Lipinski definition) is 1. The summed E-state index contributed by atoms with van der Waals surface area (Å²) in [6, 6.07) is -0.791. The molecular weight excluding hydrogens is 250 g/mol. The van der Waals surface area contributed by atoms with Crippen molar-refractivity contribution in [2.24, 2.45) is 5.73 Å². The lowest BCUT2D eigenvalue weighted by atomic mass is 10.1. The van der Waals surface area contributed by atoms with Crippen molar-refractivity contribution in [3.05, 3.63) is 0 Å². The Morgan fingerprint density at radius 1 is 1.50 bits per heavy atom. The second kappa shape index (κ2) is 6.99. The molecular formula is C12H23N3O2S. The monoisotopic (exact) mass is 273 g/mol. The Bertz CT molecular complexity index is 310. The van der Waals surface area contributed by atoms with Crippen LogP contribution in [0.3, 0.4) is 0 Å². The van der Waals surface area contributed by atoms with Gasteiger partial charge in [-0.25, -0.2) is 0 Å². The SMILES string of the molecule is CSCC[C@@H](N)C(=O)N1CCCC1C(=O)N(C)C. The third-order valence-corrected chi connectivity index (χ3v) is 3.86. The molecule has 0 aromatic heterocycles. The molecule has 1 heterocycles. The molecule has 1 unspecified atom stereocenters. The minimum absolute atomic E-state index is 0.00193. The molecule has 0 radical (unpaired) electrons. The molecule has 1 aliphatic rings. The van der Waals surface area contributed by atoms with E-state index in [1.54, 1.807) is 35.7 Å². The summed E-state index contributed by atoms with van der Waals surface area (Å²) in [5.74, 6) is 0.784. The number of likely N-dealkylation sites (tertiary alicyclic amines) is 1. The average molecular weight is 273 g/mol. The van der Waals surface area contributed by atoms with E-state index in [9.17, 15) is 9.59 Å². The summed E-state index contributed by atoms with van der Waals surface area (Å²) in [7, 11) is 3.44. The number of nitrogens with zero attached hydrogens (tertiary/aromatic N) is 2. The van der Waals surface area contributed by atoms with Crippen LogP contribution in [-0.2, 0) is 9.59 Å². The average Bonchev–Trinajstić information content (AvgIpc) is 2.82. The smallest absolute Gasteiger partial charge is 0.244 e. The van der Waals surface area contributed by atoms with Gasteiger partial charge in [-0.1, -0.05) is 0 Å². The fourth-order valence-corrected chi connectivity index (χ4v) is 2.66. The van der Waals surface area contributed by atoms with E-state index < -0.39 is 6.04 Å². The van der Waals surface area contributed by atoms with Crippen molar-refractivity contribution in [3.63, 3.8) is 0 Å². The van der Waals surface area contributed by atoms with Crippen LogP contribution < -0.4 is 5.73 Å². The predicted octanol–water partition coefficient (Wildman–Crippen LogP) is 0.146. The number of nitrogens with two attached hydrogens (primary N) is 1. The Kier molecular flexibility index (Phi) is 5.95. The van der Waals surface area contributed by atoms with E-state index in [1.165, 1.54) is 0 Å². The summed E-state index contributed by atoms with van der Waals surface area (Å²) < 4.78 is 0. The Hall–Kier alpha value is -0.750. The molecule has 0 bridgehead atoms. The largest absolute Gasteiger partial charge is 0.347 e. The third kappa shape index (κ3) is 3.62. The van der Waals surface area contributed by atoms with Crippen LogP contribution in [0.5, 0.6) is 0 Å². The number of likely N-dealkylation sites (N-methyl/N-ethyl adjacent to an activating group) is 1. The first kappa shape index (κ1) is 15.3. The first-order valence-electron chi connectivity index (χ1n) is 6.25. The maximum Gasteiger partial charge on any atom is 0.244 e. The fourth-order valence-electron chi connectivity index (χ4n) is 2.17. The summed E-state index contributed by atoms with van der Waals surface area (Å²) in [4.78, 5) is 27.4. The van der Waals surface area contributed by atoms with Crippen LogP contribution >= 0.6 is 11.8 Å². The molecule has 5 nitrogen and oxygen atoms in total. The van der Waals surface area contributed by atoms with Crippen LogP contribution in [0.15, 0.2) is 0 Å². The lowest BCUT2D eigenvalue weighted by molar-refractivity contribution is -0.143. The molecule has 2 atom stereocenters. The van der Waals surface area contributed by atoms with Gasteiger partial charge in [0, 0.05) is 20.6 Å². The Labute approximate surface area is 113 Å². The Balaban J connectivity index is 2.63. The molecule has 0 aromatic carbocycles. The normalized spacial score (nSPS) is 20.9. The van der Waals surface area contributed by atoms with E-state index in [1.807, 2.05) is 6.26 Å². The predicted molar refractivity (Wildman–Crippen MR) is 74.4 cm³/mol. The highest BCUT2D eigenvalue weighted by Crippen LogP contribution is 2.20. The number of hydrogen-bond acceptors (Lipinski definition) is 4. The molecule has 18 heavy (non-hydrogen) atoms. The zero-order valence-corrected chi connectivity index (χ0v) is 12.2. The molecule has 1 saturated heterocycles. The molecule has 2 amide bonds. The standard InChI is InChI=1S/C12H23N3O2S/c1-14(2)12(17)10-5-4-7-15(10)11(16)9(13)6-8-18-3/h9-10H,4-8,13H2,1-3H3/t9-,10?/m1/s1. The van der Waals surface area contributed by atoms with Crippen LogP contribution in [0, 0.1) is 0 Å². The van der Waals surface area contributed by atoms with Crippen LogP contribution in [0.25, 0.3) is 0 Å². The van der Waals surface area contributed by atoms with Gasteiger partial charge in [-0.15, -0.1) is 0 Å². The first-order valence-corrected chi connectivity index (χ1v) is 7.64. The molecule has 104 valence electrons.